The third kappa shape index (κ3) is 6.85. The Labute approximate surface area is 197 Å². The van der Waals surface area contributed by atoms with Crippen LogP contribution in [0.15, 0.2) is 47.5 Å². The molecular weight excluding hydrogens is 449 g/mol. The van der Waals surface area contributed by atoms with Crippen molar-refractivity contribution in [3.8, 4) is 5.75 Å². The third-order valence-electron chi connectivity index (χ3n) is 6.42. The van der Waals surface area contributed by atoms with Crippen LogP contribution in [0, 0.1) is 0 Å². The summed E-state index contributed by atoms with van der Waals surface area (Å²) in [5.41, 5.74) is 4.41. The molecule has 0 unspecified atom stereocenters. The zero-order chi connectivity index (χ0) is 21.2. The summed E-state index contributed by atoms with van der Waals surface area (Å²) in [5, 5.41) is 11.1. The Morgan fingerprint density at radius 2 is 1.40 bits per heavy atom. The first kappa shape index (κ1) is 23.9. The molecule has 5 heteroatoms. The van der Waals surface area contributed by atoms with Crippen molar-refractivity contribution in [2.45, 2.75) is 76.0 Å². The standard InChI is InChI=1S/C25H31NO.2ClH.Ti/c27-25-22(18-26-23-14-8-3-9-15-23)16-21(19-10-4-1-5-11-19)17-24(25)20-12-6-2-7-13-20;;;/h3,8-9,14-20,27H,1-2,4-7,10-13H2;2*1H;/q;;;+2/p-2. The molecule has 160 valence electrons. The van der Waals surface area contributed by atoms with Crippen LogP contribution in [-0.2, 0) is 17.0 Å². The van der Waals surface area contributed by atoms with Gasteiger partial charge in [0.05, 0.1) is 5.69 Å². The molecule has 0 saturated heterocycles. The quantitative estimate of drug-likeness (QED) is 0.345. The predicted octanol–water partition coefficient (Wildman–Crippen LogP) is 8.61. The molecule has 30 heavy (non-hydrogen) atoms. The molecule has 0 aliphatic heterocycles. The molecule has 0 spiro atoms. The Morgan fingerprint density at radius 3 is 2.00 bits per heavy atom. The van der Waals surface area contributed by atoms with Gasteiger partial charge < -0.3 is 5.11 Å². The van der Waals surface area contributed by atoms with E-state index in [1.165, 1.54) is 75.3 Å². The van der Waals surface area contributed by atoms with Crippen molar-refractivity contribution in [3.05, 3.63) is 59.2 Å². The van der Waals surface area contributed by atoms with Crippen molar-refractivity contribution in [2.75, 3.05) is 0 Å². The summed E-state index contributed by atoms with van der Waals surface area (Å²) in [5.74, 6) is 1.61. The number of halogens is 2. The van der Waals surface area contributed by atoms with Crippen LogP contribution in [0.1, 0.15) is 92.7 Å². The summed E-state index contributed by atoms with van der Waals surface area (Å²) in [6.07, 6.45) is 14.8. The molecule has 0 bridgehead atoms. The van der Waals surface area contributed by atoms with Gasteiger partial charge in [0.15, 0.2) is 0 Å². The van der Waals surface area contributed by atoms with Crippen LogP contribution in [-0.4, -0.2) is 11.3 Å². The van der Waals surface area contributed by atoms with E-state index >= 15 is 0 Å². The van der Waals surface area contributed by atoms with E-state index in [-0.39, 0.29) is 0 Å². The van der Waals surface area contributed by atoms with E-state index in [0.29, 0.717) is 17.6 Å². The molecule has 2 aliphatic rings. The second-order valence-corrected chi connectivity index (χ2v) is 11.0. The average Bonchev–Trinajstić information content (AvgIpc) is 2.81. The molecule has 0 heterocycles. The summed E-state index contributed by atoms with van der Waals surface area (Å²) in [7, 11) is 9.78. The van der Waals surface area contributed by atoms with E-state index in [4.69, 9.17) is 18.6 Å². The first-order chi connectivity index (χ1) is 14.7. The molecule has 0 amide bonds. The van der Waals surface area contributed by atoms with Gasteiger partial charge in [0.25, 0.3) is 0 Å². The van der Waals surface area contributed by atoms with Crippen LogP contribution in [0.5, 0.6) is 5.75 Å². The van der Waals surface area contributed by atoms with Crippen molar-refractivity contribution in [3.63, 3.8) is 0 Å². The van der Waals surface area contributed by atoms with Gasteiger partial charge in [-0.25, -0.2) is 0 Å². The molecule has 2 aromatic carbocycles. The number of hydrogen-bond acceptors (Lipinski definition) is 2. The van der Waals surface area contributed by atoms with Crippen molar-refractivity contribution < 1.29 is 22.1 Å². The minimum absolute atomic E-state index is 0.459. The number of nitrogens with zero attached hydrogens (tertiary/aromatic N) is 1. The molecule has 2 aliphatic carbocycles. The average molecular weight is 480 g/mol. The van der Waals surface area contributed by atoms with Crippen LogP contribution in [0.3, 0.4) is 0 Å². The van der Waals surface area contributed by atoms with Crippen LogP contribution in [0.2, 0.25) is 0 Å². The van der Waals surface area contributed by atoms with Crippen LogP contribution >= 0.6 is 18.6 Å². The normalized spacial score (nSPS) is 18.1. The zero-order valence-corrected chi connectivity index (χ0v) is 20.6. The summed E-state index contributed by atoms with van der Waals surface area (Å²) in [6, 6.07) is 14.5. The fourth-order valence-corrected chi connectivity index (χ4v) is 4.86. The molecule has 4 rings (SSSR count). The van der Waals surface area contributed by atoms with Gasteiger partial charge in [-0.2, -0.15) is 0 Å². The van der Waals surface area contributed by atoms with Gasteiger partial charge in [0, 0.05) is 11.8 Å². The summed E-state index contributed by atoms with van der Waals surface area (Å²) in [4.78, 5) is 4.62. The second kappa shape index (κ2) is 12.9. The molecule has 2 aromatic rings. The van der Waals surface area contributed by atoms with E-state index in [9.17, 15) is 5.11 Å². The molecule has 0 atom stereocenters. The fraction of sp³-hybridized carbons (Fsp3) is 0.480. The number of phenolic OH excluding ortho intramolecular Hbond substituents is 1. The molecule has 2 nitrogen and oxygen atoms in total. The van der Waals surface area contributed by atoms with Gasteiger partial charge >= 0.3 is 35.6 Å². The van der Waals surface area contributed by atoms with Crippen LogP contribution in [0.4, 0.5) is 5.69 Å². The predicted molar refractivity (Wildman–Crippen MR) is 125 cm³/mol. The zero-order valence-electron chi connectivity index (χ0n) is 17.5. The fourth-order valence-electron chi connectivity index (χ4n) is 4.86. The number of para-hydroxylation sites is 1. The second-order valence-electron chi connectivity index (χ2n) is 8.38. The number of aromatic hydroxyl groups is 1. The van der Waals surface area contributed by atoms with E-state index < -0.39 is 17.0 Å². The Morgan fingerprint density at radius 1 is 0.833 bits per heavy atom. The topological polar surface area (TPSA) is 32.6 Å². The molecule has 2 fully saturated rings. The van der Waals surface area contributed by atoms with Crippen LogP contribution in [0.25, 0.3) is 0 Å². The van der Waals surface area contributed by atoms with Crippen molar-refractivity contribution in [2.24, 2.45) is 4.99 Å². The number of benzene rings is 2. The van der Waals surface area contributed by atoms with Gasteiger partial charge in [0.1, 0.15) is 5.75 Å². The summed E-state index contributed by atoms with van der Waals surface area (Å²) >= 11 is -0.556. The molecule has 0 aromatic heterocycles. The summed E-state index contributed by atoms with van der Waals surface area (Å²) < 4.78 is 0. The maximum absolute atomic E-state index is 11.1. The van der Waals surface area contributed by atoms with E-state index in [0.717, 1.165) is 11.3 Å². The molecular formula is C25H31Cl2NOTi. The van der Waals surface area contributed by atoms with Crippen molar-refractivity contribution in [1.82, 2.24) is 0 Å². The van der Waals surface area contributed by atoms with Gasteiger partial charge in [-0.1, -0.05) is 62.8 Å². The Hall–Kier alpha value is -0.796. The van der Waals surface area contributed by atoms with Gasteiger partial charge in [-0.05, 0) is 66.8 Å². The summed E-state index contributed by atoms with van der Waals surface area (Å²) in [6.45, 7) is 0. The number of hydrogen-bond donors (Lipinski definition) is 1. The Kier molecular flexibility index (Phi) is 10.3. The van der Waals surface area contributed by atoms with Crippen LogP contribution < -0.4 is 0 Å². The molecule has 1 N–H and O–H groups in total. The first-order valence-corrected chi connectivity index (χ1v) is 15.4. The molecule has 2 saturated carbocycles. The van der Waals surface area contributed by atoms with E-state index in [1.54, 1.807) is 0 Å². The number of aliphatic imine (C=N–C) groups is 1. The third-order valence-corrected chi connectivity index (χ3v) is 6.42. The minimum atomic E-state index is -0.556. The van der Waals surface area contributed by atoms with Gasteiger partial charge in [-0.3, -0.25) is 4.99 Å². The SMILES string of the molecule is Oc1c(C=Nc2ccccc2)cc(C2CCCCC2)cc1C1CCCCC1.[Cl][Ti][Cl]. The first-order valence-electron chi connectivity index (χ1n) is 11.1. The van der Waals surface area contributed by atoms with E-state index in [2.05, 4.69) is 17.1 Å². The number of rotatable bonds is 4. The van der Waals surface area contributed by atoms with Gasteiger partial charge in [0.2, 0.25) is 0 Å². The monoisotopic (exact) mass is 479 g/mol. The Balaban J connectivity index is 0.000000806. The molecule has 0 radical (unpaired) electrons. The Bertz CT molecular complexity index is 800. The maximum atomic E-state index is 11.1. The van der Waals surface area contributed by atoms with Crippen molar-refractivity contribution >= 4 is 30.5 Å². The number of phenols is 1. The van der Waals surface area contributed by atoms with Crippen molar-refractivity contribution in [1.29, 1.82) is 0 Å². The van der Waals surface area contributed by atoms with E-state index in [1.807, 2.05) is 36.5 Å². The van der Waals surface area contributed by atoms with Gasteiger partial charge in [-0.15, -0.1) is 0 Å².